The molecule has 3 rings (SSSR count). The molecule has 0 amide bonds. The van der Waals surface area contributed by atoms with E-state index < -0.39 is 5.82 Å². The number of halogens is 1. The first-order valence-electron chi connectivity index (χ1n) is 5.63. The topological polar surface area (TPSA) is 58.9 Å². The van der Waals surface area contributed by atoms with Crippen molar-refractivity contribution in [3.8, 4) is 22.4 Å². The molecule has 4 nitrogen and oxygen atoms in total. The van der Waals surface area contributed by atoms with Gasteiger partial charge in [-0.05, 0) is 5.56 Å². The maximum Gasteiger partial charge on any atom is 0.248 e. The summed E-state index contributed by atoms with van der Waals surface area (Å²) >= 11 is 0. The molecule has 2 aromatic heterocycles. The van der Waals surface area contributed by atoms with E-state index in [-0.39, 0.29) is 11.1 Å². The van der Waals surface area contributed by atoms with E-state index in [9.17, 15) is 9.18 Å². The zero-order valence-electron chi connectivity index (χ0n) is 9.76. The molecule has 1 N–H and O–H groups in total. The SMILES string of the molecule is O=c1cc(-c2ccc(-c3ccon3)cc2)c(F)c[nH]1. The van der Waals surface area contributed by atoms with Crippen molar-refractivity contribution in [2.24, 2.45) is 0 Å². The number of H-pyrrole nitrogens is 1. The number of hydrogen-bond acceptors (Lipinski definition) is 3. The van der Waals surface area contributed by atoms with Crippen LogP contribution >= 0.6 is 0 Å². The summed E-state index contributed by atoms with van der Waals surface area (Å²) in [6.07, 6.45) is 2.54. The van der Waals surface area contributed by atoms with Gasteiger partial charge in [0.05, 0.1) is 0 Å². The minimum absolute atomic E-state index is 0.274. The Morgan fingerprint density at radius 1 is 1.11 bits per heavy atom. The number of hydrogen-bond donors (Lipinski definition) is 1. The molecule has 0 unspecified atom stereocenters. The fourth-order valence-corrected chi connectivity index (χ4v) is 1.86. The number of rotatable bonds is 2. The quantitative estimate of drug-likeness (QED) is 0.767. The van der Waals surface area contributed by atoms with Gasteiger partial charge in [-0.3, -0.25) is 4.79 Å². The Morgan fingerprint density at radius 3 is 2.53 bits per heavy atom. The van der Waals surface area contributed by atoms with Crippen LogP contribution in [0.1, 0.15) is 0 Å². The monoisotopic (exact) mass is 256 g/mol. The van der Waals surface area contributed by atoms with Crippen LogP contribution in [-0.2, 0) is 0 Å². The van der Waals surface area contributed by atoms with Crippen LogP contribution in [0.25, 0.3) is 22.4 Å². The lowest BCUT2D eigenvalue weighted by Crippen LogP contribution is -2.04. The number of nitrogens with one attached hydrogen (secondary N) is 1. The molecule has 0 aliphatic carbocycles. The predicted octanol–water partition coefficient (Wildman–Crippen LogP) is 2.84. The van der Waals surface area contributed by atoms with Gasteiger partial charge in [-0.25, -0.2) is 4.39 Å². The van der Waals surface area contributed by atoms with Crippen molar-refractivity contribution in [1.82, 2.24) is 10.1 Å². The van der Waals surface area contributed by atoms with Gasteiger partial charge in [0.15, 0.2) is 0 Å². The largest absolute Gasteiger partial charge is 0.364 e. The number of aromatic amines is 1. The van der Waals surface area contributed by atoms with Crippen molar-refractivity contribution in [3.63, 3.8) is 0 Å². The van der Waals surface area contributed by atoms with Crippen LogP contribution in [0.4, 0.5) is 4.39 Å². The van der Waals surface area contributed by atoms with Crippen molar-refractivity contribution >= 4 is 0 Å². The Bertz CT molecular complexity index is 746. The number of nitrogens with zero attached hydrogens (tertiary/aromatic N) is 1. The predicted molar refractivity (Wildman–Crippen MR) is 68.0 cm³/mol. The van der Waals surface area contributed by atoms with Gasteiger partial charge in [-0.15, -0.1) is 0 Å². The summed E-state index contributed by atoms with van der Waals surface area (Å²) in [5.41, 5.74) is 2.14. The smallest absolute Gasteiger partial charge is 0.248 e. The van der Waals surface area contributed by atoms with Crippen molar-refractivity contribution in [2.75, 3.05) is 0 Å². The molecule has 19 heavy (non-hydrogen) atoms. The number of pyridine rings is 1. The first-order chi connectivity index (χ1) is 9.24. The van der Waals surface area contributed by atoms with Crippen LogP contribution in [0.2, 0.25) is 0 Å². The molecule has 94 valence electrons. The van der Waals surface area contributed by atoms with Crippen LogP contribution in [0.15, 0.2) is 58.2 Å². The van der Waals surface area contributed by atoms with Crippen LogP contribution in [0, 0.1) is 5.82 Å². The highest BCUT2D eigenvalue weighted by Crippen LogP contribution is 2.24. The fraction of sp³-hybridized carbons (Fsp3) is 0. The van der Waals surface area contributed by atoms with Crippen LogP contribution in [-0.4, -0.2) is 10.1 Å². The van der Waals surface area contributed by atoms with Crippen LogP contribution in [0.5, 0.6) is 0 Å². The number of aromatic nitrogens is 2. The van der Waals surface area contributed by atoms with E-state index in [1.807, 2.05) is 0 Å². The summed E-state index contributed by atoms with van der Waals surface area (Å²) in [5.74, 6) is -0.464. The van der Waals surface area contributed by atoms with E-state index in [2.05, 4.69) is 10.1 Å². The highest BCUT2D eigenvalue weighted by atomic mass is 19.1. The lowest BCUT2D eigenvalue weighted by atomic mass is 10.0. The molecule has 0 bridgehead atoms. The molecule has 0 aliphatic rings. The van der Waals surface area contributed by atoms with E-state index in [0.717, 1.165) is 11.8 Å². The van der Waals surface area contributed by atoms with Gasteiger partial charge in [0.2, 0.25) is 5.56 Å². The Morgan fingerprint density at radius 2 is 1.84 bits per heavy atom. The molecule has 0 spiro atoms. The van der Waals surface area contributed by atoms with Crippen LogP contribution in [0.3, 0.4) is 0 Å². The zero-order chi connectivity index (χ0) is 13.2. The van der Waals surface area contributed by atoms with E-state index in [1.165, 1.54) is 12.3 Å². The summed E-state index contributed by atoms with van der Waals surface area (Å²) in [6.45, 7) is 0. The average molecular weight is 256 g/mol. The van der Waals surface area contributed by atoms with E-state index in [0.29, 0.717) is 11.3 Å². The second kappa shape index (κ2) is 4.53. The van der Waals surface area contributed by atoms with Gasteiger partial charge in [-0.1, -0.05) is 29.4 Å². The maximum atomic E-state index is 13.6. The normalized spacial score (nSPS) is 10.6. The lowest BCUT2D eigenvalue weighted by Gasteiger charge is -2.03. The summed E-state index contributed by atoms with van der Waals surface area (Å²) in [7, 11) is 0. The van der Waals surface area contributed by atoms with Gasteiger partial charge in [0.25, 0.3) is 0 Å². The van der Waals surface area contributed by atoms with Gasteiger partial charge in [0, 0.05) is 29.5 Å². The summed E-state index contributed by atoms with van der Waals surface area (Å²) < 4.78 is 18.4. The second-order valence-corrected chi connectivity index (χ2v) is 4.02. The van der Waals surface area contributed by atoms with Gasteiger partial charge < -0.3 is 9.51 Å². The molecule has 0 saturated heterocycles. The molecule has 1 aromatic carbocycles. The van der Waals surface area contributed by atoms with Gasteiger partial charge >= 0.3 is 0 Å². The van der Waals surface area contributed by atoms with Crippen LogP contribution < -0.4 is 5.56 Å². The van der Waals surface area contributed by atoms with Gasteiger partial charge in [-0.2, -0.15) is 0 Å². The molecule has 0 saturated carbocycles. The molecule has 0 fully saturated rings. The molecule has 0 radical (unpaired) electrons. The lowest BCUT2D eigenvalue weighted by molar-refractivity contribution is 0.422. The molecule has 0 aliphatic heterocycles. The van der Waals surface area contributed by atoms with Crippen molar-refractivity contribution in [1.29, 1.82) is 0 Å². The molecule has 0 atom stereocenters. The first-order valence-corrected chi connectivity index (χ1v) is 5.63. The zero-order valence-corrected chi connectivity index (χ0v) is 9.76. The van der Waals surface area contributed by atoms with E-state index in [1.54, 1.807) is 30.3 Å². The van der Waals surface area contributed by atoms with Crippen molar-refractivity contribution in [2.45, 2.75) is 0 Å². The standard InChI is InChI=1S/C14H9FN2O2/c15-12-8-16-14(18)7-11(12)9-1-3-10(4-2-9)13-5-6-19-17-13/h1-8H,(H,16,18). The van der Waals surface area contributed by atoms with E-state index >= 15 is 0 Å². The number of benzene rings is 1. The Kier molecular flexibility index (Phi) is 2.72. The molecule has 3 aromatic rings. The third kappa shape index (κ3) is 2.18. The summed E-state index contributed by atoms with van der Waals surface area (Å²) in [4.78, 5) is 13.5. The third-order valence-corrected chi connectivity index (χ3v) is 2.80. The fourth-order valence-electron chi connectivity index (χ4n) is 1.86. The molecular weight excluding hydrogens is 247 g/mol. The van der Waals surface area contributed by atoms with Gasteiger partial charge in [0.1, 0.15) is 17.8 Å². The highest BCUT2D eigenvalue weighted by Gasteiger charge is 2.07. The summed E-state index contributed by atoms with van der Waals surface area (Å²) in [5, 5.41) is 3.82. The summed E-state index contributed by atoms with van der Waals surface area (Å²) in [6, 6.07) is 10.1. The first kappa shape index (κ1) is 11.4. The molecular formula is C14H9FN2O2. The Labute approximate surface area is 107 Å². The Hall–Kier alpha value is -2.69. The molecule has 5 heteroatoms. The third-order valence-electron chi connectivity index (χ3n) is 2.80. The van der Waals surface area contributed by atoms with Crippen molar-refractivity contribution < 1.29 is 8.91 Å². The second-order valence-electron chi connectivity index (χ2n) is 4.02. The Balaban J connectivity index is 2.03. The minimum atomic E-state index is -0.464. The molecule has 2 heterocycles. The maximum absolute atomic E-state index is 13.6. The van der Waals surface area contributed by atoms with E-state index in [4.69, 9.17) is 4.52 Å². The average Bonchev–Trinajstić information content (AvgIpc) is 2.96. The minimum Gasteiger partial charge on any atom is -0.364 e. The van der Waals surface area contributed by atoms with Crippen molar-refractivity contribution in [3.05, 3.63) is 65.0 Å². The highest BCUT2D eigenvalue weighted by molar-refractivity contribution is 5.68.